The number of carboxylic acids is 1. The quantitative estimate of drug-likeness (QED) is 0.782. The fourth-order valence-electron chi connectivity index (χ4n) is 2.26. The van der Waals surface area contributed by atoms with Gasteiger partial charge in [-0.05, 0) is 37.5 Å². The summed E-state index contributed by atoms with van der Waals surface area (Å²) in [6, 6.07) is 5.16. The van der Waals surface area contributed by atoms with Gasteiger partial charge in [-0.2, -0.15) is 0 Å². The van der Waals surface area contributed by atoms with Gasteiger partial charge in [0.25, 0.3) is 5.91 Å². The van der Waals surface area contributed by atoms with Crippen molar-refractivity contribution in [2.75, 3.05) is 10.6 Å². The summed E-state index contributed by atoms with van der Waals surface area (Å²) in [5.41, 5.74) is 1.96. The Morgan fingerprint density at radius 2 is 1.86 bits per heavy atom. The highest BCUT2D eigenvalue weighted by Crippen LogP contribution is 2.24. The predicted octanol–water partition coefficient (Wildman–Crippen LogP) is 1.52. The minimum absolute atomic E-state index is 0.204. The zero-order valence-electron chi connectivity index (χ0n) is 12.4. The molecule has 1 aliphatic heterocycles. The van der Waals surface area contributed by atoms with Crippen LogP contribution in [0.15, 0.2) is 18.2 Å². The summed E-state index contributed by atoms with van der Waals surface area (Å²) in [5, 5.41) is 14.2. The molecule has 0 aromatic heterocycles. The van der Waals surface area contributed by atoms with Gasteiger partial charge in [0.05, 0.1) is 0 Å². The van der Waals surface area contributed by atoms with E-state index in [1.54, 1.807) is 18.2 Å². The second kappa shape index (κ2) is 6.57. The zero-order valence-corrected chi connectivity index (χ0v) is 12.4. The molecule has 0 aliphatic carbocycles. The molecule has 7 nitrogen and oxygen atoms in total. The molecule has 0 unspecified atom stereocenters. The third-order valence-electron chi connectivity index (χ3n) is 3.40. The molecule has 1 aromatic rings. The van der Waals surface area contributed by atoms with Crippen molar-refractivity contribution in [3.63, 3.8) is 0 Å². The molecule has 0 spiro atoms. The zero-order chi connectivity index (χ0) is 16.3. The first kappa shape index (κ1) is 16.0. The molecule has 7 heteroatoms. The van der Waals surface area contributed by atoms with Crippen LogP contribution in [0.5, 0.6) is 0 Å². The number of hydrogen-bond donors (Lipinski definition) is 3. The van der Waals surface area contributed by atoms with Crippen LogP contribution < -0.4 is 10.6 Å². The van der Waals surface area contributed by atoms with Crippen molar-refractivity contribution in [1.82, 2.24) is 0 Å². The predicted molar refractivity (Wildman–Crippen MR) is 79.6 cm³/mol. The number of aliphatic carboxylic acids is 1. The fourth-order valence-corrected chi connectivity index (χ4v) is 2.26. The number of nitrogens with one attached hydrogen (secondary N) is 2. The van der Waals surface area contributed by atoms with Gasteiger partial charge in [0, 0.05) is 18.3 Å². The molecule has 2 rings (SSSR count). The van der Waals surface area contributed by atoms with Crippen LogP contribution in [-0.2, 0) is 19.1 Å². The largest absolute Gasteiger partial charge is 0.479 e. The first-order valence-electron chi connectivity index (χ1n) is 6.94. The Bertz CT molecular complexity index is 614. The first-order chi connectivity index (χ1) is 10.4. The lowest BCUT2D eigenvalue weighted by molar-refractivity contribution is -0.150. The van der Waals surface area contributed by atoms with E-state index in [4.69, 9.17) is 9.84 Å². The van der Waals surface area contributed by atoms with Crippen molar-refractivity contribution in [2.45, 2.75) is 38.9 Å². The molecule has 1 saturated heterocycles. The van der Waals surface area contributed by atoms with Crippen molar-refractivity contribution in [1.29, 1.82) is 0 Å². The van der Waals surface area contributed by atoms with Gasteiger partial charge in [-0.25, -0.2) is 4.79 Å². The highest BCUT2D eigenvalue weighted by Gasteiger charge is 2.34. The van der Waals surface area contributed by atoms with E-state index in [0.29, 0.717) is 24.2 Å². The molecule has 0 saturated carbocycles. The second-order valence-corrected chi connectivity index (χ2v) is 5.23. The van der Waals surface area contributed by atoms with E-state index in [0.717, 1.165) is 5.56 Å². The number of amides is 2. The van der Waals surface area contributed by atoms with E-state index in [1.165, 1.54) is 6.92 Å². The van der Waals surface area contributed by atoms with E-state index in [1.807, 2.05) is 6.92 Å². The number of aryl methyl sites for hydroxylation is 1. The van der Waals surface area contributed by atoms with Crippen LogP contribution in [0.4, 0.5) is 11.4 Å². The lowest BCUT2D eigenvalue weighted by Gasteiger charge is -2.14. The van der Waals surface area contributed by atoms with E-state index in [2.05, 4.69) is 10.6 Å². The van der Waals surface area contributed by atoms with Gasteiger partial charge in [-0.15, -0.1) is 0 Å². The van der Waals surface area contributed by atoms with Gasteiger partial charge in [0.2, 0.25) is 5.91 Å². The van der Waals surface area contributed by atoms with E-state index in [-0.39, 0.29) is 11.8 Å². The summed E-state index contributed by atoms with van der Waals surface area (Å²) in [6.45, 7) is 3.22. The molecule has 1 aliphatic rings. The summed E-state index contributed by atoms with van der Waals surface area (Å²) in [7, 11) is 0. The molecule has 0 radical (unpaired) electrons. The molecule has 3 N–H and O–H groups in total. The molecule has 22 heavy (non-hydrogen) atoms. The van der Waals surface area contributed by atoms with Gasteiger partial charge in [0.15, 0.2) is 6.10 Å². The van der Waals surface area contributed by atoms with Crippen molar-refractivity contribution < 1.29 is 24.2 Å². The van der Waals surface area contributed by atoms with Crippen LogP contribution in [-0.4, -0.2) is 35.1 Å². The lowest BCUT2D eigenvalue weighted by Crippen LogP contribution is -2.30. The summed E-state index contributed by atoms with van der Waals surface area (Å²) in [6.07, 6.45) is -1.02. The van der Waals surface area contributed by atoms with Crippen LogP contribution in [0.3, 0.4) is 0 Å². The van der Waals surface area contributed by atoms with Gasteiger partial charge in [-0.1, -0.05) is 6.07 Å². The Morgan fingerprint density at radius 1 is 1.18 bits per heavy atom. The van der Waals surface area contributed by atoms with Gasteiger partial charge in [0.1, 0.15) is 6.10 Å². The normalized spacial score (nSPS) is 20.5. The third kappa shape index (κ3) is 3.82. The number of rotatable bonds is 4. The second-order valence-electron chi connectivity index (χ2n) is 5.23. The third-order valence-corrected chi connectivity index (χ3v) is 3.40. The van der Waals surface area contributed by atoms with Crippen LogP contribution >= 0.6 is 0 Å². The number of carbonyl (C=O) groups is 3. The molecular weight excluding hydrogens is 288 g/mol. The summed E-state index contributed by atoms with van der Waals surface area (Å²) < 4.78 is 5.21. The molecule has 2 amide bonds. The molecule has 2 atom stereocenters. The van der Waals surface area contributed by atoms with Crippen molar-refractivity contribution in [3.05, 3.63) is 23.8 Å². The van der Waals surface area contributed by atoms with Crippen LogP contribution in [0, 0.1) is 6.92 Å². The maximum absolute atomic E-state index is 12.2. The van der Waals surface area contributed by atoms with Gasteiger partial charge < -0.3 is 20.5 Å². The van der Waals surface area contributed by atoms with Crippen molar-refractivity contribution in [3.8, 4) is 0 Å². The molecule has 1 fully saturated rings. The Kier molecular flexibility index (Phi) is 4.77. The van der Waals surface area contributed by atoms with E-state index in [9.17, 15) is 14.4 Å². The number of carboxylic acid groups (broad SMARTS) is 1. The number of carbonyl (C=O) groups excluding carboxylic acids is 2. The average Bonchev–Trinajstić information content (AvgIpc) is 2.92. The van der Waals surface area contributed by atoms with Crippen molar-refractivity contribution >= 4 is 29.2 Å². The fraction of sp³-hybridized carbons (Fsp3) is 0.400. The Balaban J connectivity index is 2.05. The Labute approximate surface area is 127 Å². The molecule has 1 aromatic carbocycles. The SMILES string of the molecule is CC(=O)Nc1ccc(C)c(NC(=O)[C@@H]2CC[C@H](C(=O)O)O2)c1. The maximum atomic E-state index is 12.2. The van der Waals surface area contributed by atoms with Gasteiger partial charge in [-0.3, -0.25) is 9.59 Å². The molecule has 0 bridgehead atoms. The highest BCUT2D eigenvalue weighted by molar-refractivity contribution is 5.96. The van der Waals surface area contributed by atoms with Crippen molar-refractivity contribution in [2.24, 2.45) is 0 Å². The maximum Gasteiger partial charge on any atom is 0.332 e. The summed E-state index contributed by atoms with van der Waals surface area (Å²) in [5.74, 6) is -1.64. The Hall–Kier alpha value is -2.41. The molecular formula is C15H18N2O5. The number of benzene rings is 1. The number of hydrogen-bond acceptors (Lipinski definition) is 4. The molecule has 1 heterocycles. The van der Waals surface area contributed by atoms with E-state index < -0.39 is 18.2 Å². The van der Waals surface area contributed by atoms with Crippen LogP contribution in [0.2, 0.25) is 0 Å². The minimum Gasteiger partial charge on any atom is -0.479 e. The Morgan fingerprint density at radius 3 is 2.45 bits per heavy atom. The topological polar surface area (TPSA) is 105 Å². The monoisotopic (exact) mass is 306 g/mol. The lowest BCUT2D eigenvalue weighted by atomic mass is 10.1. The van der Waals surface area contributed by atoms with Crippen LogP contribution in [0.1, 0.15) is 25.3 Å². The number of ether oxygens (including phenoxy) is 1. The van der Waals surface area contributed by atoms with Gasteiger partial charge >= 0.3 is 5.97 Å². The number of anilines is 2. The average molecular weight is 306 g/mol. The van der Waals surface area contributed by atoms with Crippen LogP contribution in [0.25, 0.3) is 0 Å². The minimum atomic E-state index is -1.06. The standard InChI is InChI=1S/C15H18N2O5/c1-8-3-4-10(16-9(2)18)7-11(8)17-14(19)12-5-6-13(22-12)15(20)21/h3-4,7,12-13H,5-6H2,1-2H3,(H,16,18)(H,17,19)(H,20,21)/t12-,13+/m0/s1. The first-order valence-corrected chi connectivity index (χ1v) is 6.94. The smallest absolute Gasteiger partial charge is 0.332 e. The summed E-state index contributed by atoms with van der Waals surface area (Å²) >= 11 is 0. The molecule has 118 valence electrons. The van der Waals surface area contributed by atoms with E-state index >= 15 is 0 Å². The highest BCUT2D eigenvalue weighted by atomic mass is 16.5. The summed E-state index contributed by atoms with van der Waals surface area (Å²) in [4.78, 5) is 34.1.